The summed E-state index contributed by atoms with van der Waals surface area (Å²) in [5.41, 5.74) is 14.7. The van der Waals surface area contributed by atoms with Gasteiger partial charge < -0.3 is 11.5 Å². The molecule has 0 spiro atoms. The van der Waals surface area contributed by atoms with Crippen molar-refractivity contribution in [2.24, 2.45) is 21.5 Å². The average Bonchev–Trinajstić information content (AvgIpc) is 2.48. The summed E-state index contributed by atoms with van der Waals surface area (Å²) in [6.07, 6.45) is 3.44. The number of carbonyl (C=O) groups excluding carboxylic acids is 2. The maximum Gasteiger partial charge on any atom is 0.275 e. The Balaban J connectivity index is 3.33. The van der Waals surface area contributed by atoms with Crippen LogP contribution in [-0.4, -0.2) is 23.5 Å². The zero-order chi connectivity index (χ0) is 19.1. The van der Waals surface area contributed by atoms with Crippen molar-refractivity contribution in [3.8, 4) is 0 Å². The molecule has 1 aromatic carbocycles. The van der Waals surface area contributed by atoms with Crippen LogP contribution >= 0.6 is 0 Å². The van der Waals surface area contributed by atoms with Gasteiger partial charge in [-0.05, 0) is 57.9 Å². The Morgan fingerprint density at radius 1 is 0.880 bits per heavy atom. The number of aryl methyl sites for hydroxylation is 1. The minimum Gasteiger partial charge on any atom is -0.370 e. The Morgan fingerprint density at radius 3 is 1.92 bits per heavy atom. The van der Waals surface area contributed by atoms with Crippen LogP contribution < -0.4 is 11.5 Å². The molecule has 0 aromatic heterocycles. The summed E-state index contributed by atoms with van der Waals surface area (Å²) < 4.78 is 0. The highest BCUT2D eigenvalue weighted by molar-refractivity contribution is 6.05. The lowest BCUT2D eigenvalue weighted by Gasteiger charge is -2.06. The zero-order valence-corrected chi connectivity index (χ0v) is 15.3. The summed E-state index contributed by atoms with van der Waals surface area (Å²) in [4.78, 5) is 31.4. The molecule has 4 N–H and O–H groups in total. The van der Waals surface area contributed by atoms with Crippen LogP contribution in [0.4, 0.5) is 0 Å². The van der Waals surface area contributed by atoms with Gasteiger partial charge in [0.05, 0.1) is 0 Å². The average molecular weight is 340 g/mol. The van der Waals surface area contributed by atoms with Crippen LogP contribution in [-0.2, 0) is 9.59 Å². The van der Waals surface area contributed by atoms with E-state index in [0.717, 1.165) is 16.7 Å². The second-order valence-electron chi connectivity index (χ2n) is 5.99. The fourth-order valence-electron chi connectivity index (χ4n) is 2.04. The number of amides is 2. The predicted octanol–water partition coefficient (Wildman–Crippen LogP) is 2.61. The van der Waals surface area contributed by atoms with E-state index in [1.165, 1.54) is 0 Å². The third-order valence-electron chi connectivity index (χ3n) is 3.22. The smallest absolute Gasteiger partial charge is 0.275 e. The molecule has 0 aliphatic heterocycles. The monoisotopic (exact) mass is 340 g/mol. The van der Waals surface area contributed by atoms with Crippen LogP contribution in [0.5, 0.6) is 0 Å². The first-order valence-corrected chi connectivity index (χ1v) is 7.77. The minimum atomic E-state index is -0.505. The largest absolute Gasteiger partial charge is 0.370 e. The molecule has 0 saturated heterocycles. The van der Waals surface area contributed by atoms with E-state index in [0.29, 0.717) is 16.9 Å². The number of nitrogens with two attached hydrogens (primary N) is 2. The first-order valence-electron chi connectivity index (χ1n) is 7.77. The fraction of sp³-hybridized carbons (Fsp3) is 0.263. The number of hydrogen-bond donors (Lipinski definition) is 2. The molecule has 25 heavy (non-hydrogen) atoms. The maximum atomic E-state index is 12.0. The molecule has 0 fully saturated rings. The van der Waals surface area contributed by atoms with Crippen LogP contribution in [0.15, 0.2) is 39.3 Å². The topological polar surface area (TPSA) is 111 Å². The number of carbonyl (C=O) groups is 2. The minimum absolute atomic E-state index is 0.281. The number of hydrogen-bond acceptors (Lipinski definition) is 2. The molecule has 0 atom stereocenters. The van der Waals surface area contributed by atoms with Crippen molar-refractivity contribution in [1.82, 2.24) is 0 Å². The molecule has 0 radical (unpaired) electrons. The fourth-order valence-corrected chi connectivity index (χ4v) is 2.04. The quantitative estimate of drug-likeness (QED) is 0.498. The number of rotatable bonds is 4. The summed E-state index contributed by atoms with van der Waals surface area (Å²) in [7, 11) is 0. The van der Waals surface area contributed by atoms with Crippen LogP contribution in [0, 0.1) is 6.92 Å². The van der Waals surface area contributed by atoms with Crippen molar-refractivity contribution in [3.63, 3.8) is 0 Å². The van der Waals surface area contributed by atoms with Gasteiger partial charge >= 0.3 is 0 Å². The SMILES string of the molecule is CC(C)=NC(=O)/C(C)=C/c1cc(C)ccc1/C=C(\C)C(=O)N=C(N)N. The summed E-state index contributed by atoms with van der Waals surface area (Å²) in [5.74, 6) is -1.07. The Hall–Kier alpha value is -3.02. The summed E-state index contributed by atoms with van der Waals surface area (Å²) in [5, 5.41) is 0. The van der Waals surface area contributed by atoms with Gasteiger partial charge in [0, 0.05) is 16.9 Å². The number of nitrogens with zero attached hydrogens (tertiary/aromatic N) is 2. The Bertz CT molecular complexity index is 807. The first kappa shape index (κ1) is 20.0. The number of guanidine groups is 1. The zero-order valence-electron chi connectivity index (χ0n) is 15.3. The molecule has 0 bridgehead atoms. The molecule has 0 aliphatic carbocycles. The van der Waals surface area contributed by atoms with Crippen molar-refractivity contribution in [3.05, 3.63) is 46.0 Å². The molecule has 0 unspecified atom stereocenters. The molecule has 1 aromatic rings. The van der Waals surface area contributed by atoms with Crippen molar-refractivity contribution < 1.29 is 9.59 Å². The summed E-state index contributed by atoms with van der Waals surface area (Å²) in [6, 6.07) is 5.73. The van der Waals surface area contributed by atoms with Crippen LogP contribution in [0.2, 0.25) is 0 Å². The molecule has 2 amide bonds. The van der Waals surface area contributed by atoms with Crippen molar-refractivity contribution in [2.45, 2.75) is 34.6 Å². The van der Waals surface area contributed by atoms with Gasteiger partial charge in [-0.25, -0.2) is 4.99 Å². The molecule has 0 heterocycles. The standard InChI is InChI=1S/C19H24N4O2/c1-11(2)22-17(24)14(5)10-16-8-12(3)6-7-15(16)9-13(4)18(25)23-19(20)21/h6-10H,1-5H3,(H4,20,21,23,25)/b13-9+,14-10+. The van der Waals surface area contributed by atoms with Crippen molar-refractivity contribution >= 4 is 35.6 Å². The number of benzene rings is 1. The van der Waals surface area contributed by atoms with E-state index < -0.39 is 5.91 Å². The van der Waals surface area contributed by atoms with E-state index in [-0.39, 0.29) is 11.9 Å². The molecule has 6 nitrogen and oxygen atoms in total. The third-order valence-corrected chi connectivity index (χ3v) is 3.22. The van der Waals surface area contributed by atoms with E-state index in [2.05, 4.69) is 9.98 Å². The Labute approximate surface area is 148 Å². The molecular formula is C19H24N4O2. The van der Waals surface area contributed by atoms with Gasteiger partial charge in [-0.1, -0.05) is 23.8 Å². The molecule has 0 saturated carbocycles. The third kappa shape index (κ3) is 6.55. The summed E-state index contributed by atoms with van der Waals surface area (Å²) >= 11 is 0. The van der Waals surface area contributed by atoms with Crippen molar-refractivity contribution in [2.75, 3.05) is 0 Å². The van der Waals surface area contributed by atoms with E-state index in [4.69, 9.17) is 11.5 Å². The highest BCUT2D eigenvalue weighted by Gasteiger charge is 2.08. The lowest BCUT2D eigenvalue weighted by molar-refractivity contribution is -0.115. The predicted molar refractivity (Wildman–Crippen MR) is 103 cm³/mol. The highest BCUT2D eigenvalue weighted by Crippen LogP contribution is 2.19. The first-order chi connectivity index (χ1) is 11.6. The van der Waals surface area contributed by atoms with Gasteiger partial charge in [0.15, 0.2) is 5.96 Å². The van der Waals surface area contributed by atoms with E-state index in [1.54, 1.807) is 39.8 Å². The highest BCUT2D eigenvalue weighted by atomic mass is 16.1. The van der Waals surface area contributed by atoms with E-state index >= 15 is 0 Å². The molecule has 1 rings (SSSR count). The van der Waals surface area contributed by atoms with Gasteiger partial charge in [-0.3, -0.25) is 9.59 Å². The van der Waals surface area contributed by atoms with Crippen LogP contribution in [0.25, 0.3) is 12.2 Å². The maximum absolute atomic E-state index is 12.0. The van der Waals surface area contributed by atoms with E-state index in [9.17, 15) is 9.59 Å². The van der Waals surface area contributed by atoms with E-state index in [1.807, 2.05) is 25.1 Å². The van der Waals surface area contributed by atoms with Crippen LogP contribution in [0.1, 0.15) is 44.4 Å². The second-order valence-corrected chi connectivity index (χ2v) is 5.99. The Kier molecular flexibility index (Phi) is 6.99. The molecule has 132 valence electrons. The van der Waals surface area contributed by atoms with Gasteiger partial charge in [-0.15, -0.1) is 0 Å². The van der Waals surface area contributed by atoms with Crippen molar-refractivity contribution in [1.29, 1.82) is 0 Å². The lowest BCUT2D eigenvalue weighted by Crippen LogP contribution is -2.24. The van der Waals surface area contributed by atoms with Gasteiger partial charge in [0.25, 0.3) is 11.8 Å². The normalized spacial score (nSPS) is 11.7. The lowest BCUT2D eigenvalue weighted by atomic mass is 10.00. The van der Waals surface area contributed by atoms with Crippen LogP contribution in [0.3, 0.4) is 0 Å². The molecule has 6 heteroatoms. The second kappa shape index (κ2) is 8.73. The summed E-state index contributed by atoms with van der Waals surface area (Å²) in [6.45, 7) is 8.83. The van der Waals surface area contributed by atoms with Gasteiger partial charge in [-0.2, -0.15) is 4.99 Å². The van der Waals surface area contributed by atoms with Gasteiger partial charge in [0.1, 0.15) is 0 Å². The van der Waals surface area contributed by atoms with Gasteiger partial charge in [0.2, 0.25) is 0 Å². The molecular weight excluding hydrogens is 316 g/mol. The Morgan fingerprint density at radius 2 is 1.40 bits per heavy atom. The molecule has 0 aliphatic rings. The number of aliphatic imine (C=N–C) groups is 2.